The molecule has 0 spiro atoms. The van der Waals surface area contributed by atoms with E-state index in [-0.39, 0.29) is 6.08 Å². The molecule has 0 atom stereocenters. The third-order valence-corrected chi connectivity index (χ3v) is 1.91. The van der Waals surface area contributed by atoms with Crippen molar-refractivity contribution in [2.24, 2.45) is 0 Å². The fourth-order valence-corrected chi connectivity index (χ4v) is 1.07. The molecule has 0 N–H and O–H groups in total. The molecular formula is C11H9F5. The first-order valence-electron chi connectivity index (χ1n) is 4.43. The molecule has 0 amide bonds. The molecule has 0 aliphatic heterocycles. The van der Waals surface area contributed by atoms with Crippen LogP contribution < -0.4 is 0 Å². The third-order valence-electron chi connectivity index (χ3n) is 1.91. The summed E-state index contributed by atoms with van der Waals surface area (Å²) in [6.07, 6.45) is -4.92. The van der Waals surface area contributed by atoms with Gasteiger partial charge in [-0.05, 0) is 18.6 Å². The van der Waals surface area contributed by atoms with Crippen molar-refractivity contribution in [2.45, 2.75) is 19.0 Å². The fourth-order valence-electron chi connectivity index (χ4n) is 1.07. The van der Waals surface area contributed by atoms with Crippen molar-refractivity contribution in [3.63, 3.8) is 0 Å². The van der Waals surface area contributed by atoms with Crippen LogP contribution in [0.3, 0.4) is 0 Å². The standard InChI is InChI=1S/C11H9F5/c1-8-3-2-4-9(7-8)5-6-10(12,13)11(14,15)16/h2-7H,1H3/b6-5+. The molecule has 0 saturated carbocycles. The summed E-state index contributed by atoms with van der Waals surface area (Å²) in [6, 6.07) is 6.28. The van der Waals surface area contributed by atoms with Gasteiger partial charge in [0, 0.05) is 0 Å². The van der Waals surface area contributed by atoms with E-state index in [1.807, 2.05) is 0 Å². The molecule has 0 aliphatic rings. The molecule has 88 valence electrons. The number of benzene rings is 1. The van der Waals surface area contributed by atoms with Crippen molar-refractivity contribution in [1.82, 2.24) is 0 Å². The van der Waals surface area contributed by atoms with Crippen LogP contribution in [0.25, 0.3) is 6.08 Å². The lowest BCUT2D eigenvalue weighted by molar-refractivity contribution is -0.258. The number of hydrogen-bond donors (Lipinski definition) is 0. The summed E-state index contributed by atoms with van der Waals surface area (Å²) in [5.74, 6) is -4.79. The SMILES string of the molecule is Cc1cccc(/C=C/C(F)(F)C(F)(F)F)c1. The molecule has 1 rings (SSSR count). The number of halogens is 5. The van der Waals surface area contributed by atoms with Crippen molar-refractivity contribution in [3.05, 3.63) is 41.5 Å². The molecule has 0 unspecified atom stereocenters. The van der Waals surface area contributed by atoms with Gasteiger partial charge in [-0.3, -0.25) is 0 Å². The van der Waals surface area contributed by atoms with Crippen molar-refractivity contribution in [1.29, 1.82) is 0 Å². The Labute approximate surface area is 89.4 Å². The van der Waals surface area contributed by atoms with Crippen LogP contribution in [0.2, 0.25) is 0 Å². The van der Waals surface area contributed by atoms with Gasteiger partial charge in [0.05, 0.1) is 0 Å². The summed E-state index contributed by atoms with van der Waals surface area (Å²) >= 11 is 0. The topological polar surface area (TPSA) is 0 Å². The molecule has 0 fully saturated rings. The molecule has 0 saturated heterocycles. The Morgan fingerprint density at radius 2 is 1.69 bits per heavy atom. The molecule has 0 nitrogen and oxygen atoms in total. The van der Waals surface area contributed by atoms with Crippen LogP contribution in [0.1, 0.15) is 11.1 Å². The molecule has 0 aliphatic carbocycles. The summed E-state index contributed by atoms with van der Waals surface area (Å²) < 4.78 is 60.5. The van der Waals surface area contributed by atoms with Gasteiger partial charge >= 0.3 is 12.1 Å². The maximum Gasteiger partial charge on any atom is 0.457 e. The van der Waals surface area contributed by atoms with Gasteiger partial charge < -0.3 is 0 Å². The molecule has 0 aromatic heterocycles. The second-order valence-electron chi connectivity index (χ2n) is 3.37. The normalized spacial score (nSPS) is 13.4. The Morgan fingerprint density at radius 3 is 2.19 bits per heavy atom. The van der Waals surface area contributed by atoms with E-state index in [2.05, 4.69) is 0 Å². The van der Waals surface area contributed by atoms with E-state index in [0.29, 0.717) is 5.56 Å². The average Bonchev–Trinajstić information content (AvgIpc) is 2.13. The smallest absolute Gasteiger partial charge is 0.191 e. The van der Waals surface area contributed by atoms with Gasteiger partial charge in [0.25, 0.3) is 0 Å². The highest BCUT2D eigenvalue weighted by Crippen LogP contribution is 2.36. The minimum atomic E-state index is -5.55. The Bertz CT molecular complexity index is 390. The van der Waals surface area contributed by atoms with Crippen LogP contribution in [0.15, 0.2) is 30.3 Å². The maximum atomic E-state index is 12.5. The van der Waals surface area contributed by atoms with Crippen LogP contribution in [-0.2, 0) is 0 Å². The van der Waals surface area contributed by atoms with Gasteiger partial charge in [0.1, 0.15) is 0 Å². The second-order valence-corrected chi connectivity index (χ2v) is 3.37. The molecule has 0 heterocycles. The summed E-state index contributed by atoms with van der Waals surface area (Å²) in [5.41, 5.74) is 1.10. The van der Waals surface area contributed by atoms with E-state index >= 15 is 0 Å². The molecule has 1 aromatic rings. The highest BCUT2D eigenvalue weighted by molar-refractivity contribution is 5.51. The van der Waals surface area contributed by atoms with Crippen LogP contribution in [-0.4, -0.2) is 12.1 Å². The maximum absolute atomic E-state index is 12.5. The molecule has 5 heteroatoms. The number of hydrogen-bond acceptors (Lipinski definition) is 0. The highest BCUT2D eigenvalue weighted by atomic mass is 19.4. The predicted octanol–water partition coefficient (Wildman–Crippen LogP) is 4.21. The summed E-state index contributed by atoms with van der Waals surface area (Å²) in [6.45, 7) is 1.72. The van der Waals surface area contributed by atoms with Gasteiger partial charge in [-0.1, -0.05) is 35.9 Å². The Balaban J connectivity index is 2.89. The van der Waals surface area contributed by atoms with Crippen molar-refractivity contribution in [2.75, 3.05) is 0 Å². The van der Waals surface area contributed by atoms with Crippen molar-refractivity contribution < 1.29 is 22.0 Å². The minimum Gasteiger partial charge on any atom is -0.191 e. The van der Waals surface area contributed by atoms with Crippen LogP contribution >= 0.6 is 0 Å². The number of rotatable bonds is 2. The first kappa shape index (κ1) is 12.7. The lowest BCUT2D eigenvalue weighted by Gasteiger charge is -2.15. The van der Waals surface area contributed by atoms with E-state index in [9.17, 15) is 22.0 Å². The number of alkyl halides is 5. The van der Waals surface area contributed by atoms with E-state index in [0.717, 1.165) is 11.6 Å². The van der Waals surface area contributed by atoms with Gasteiger partial charge in [-0.15, -0.1) is 0 Å². The first-order chi connectivity index (χ1) is 7.22. The third kappa shape index (κ3) is 3.05. The molecule has 1 aromatic carbocycles. The van der Waals surface area contributed by atoms with E-state index in [1.165, 1.54) is 12.1 Å². The van der Waals surface area contributed by atoms with Crippen molar-refractivity contribution >= 4 is 6.08 Å². The summed E-state index contributed by atoms with van der Waals surface area (Å²) in [7, 11) is 0. The lowest BCUT2D eigenvalue weighted by Crippen LogP contribution is -2.33. The zero-order valence-corrected chi connectivity index (χ0v) is 8.35. The zero-order chi connectivity index (χ0) is 12.4. The van der Waals surface area contributed by atoms with E-state index in [4.69, 9.17) is 0 Å². The Kier molecular flexibility index (Phi) is 3.35. The average molecular weight is 236 g/mol. The highest BCUT2D eigenvalue weighted by Gasteiger charge is 2.55. The number of allylic oxidation sites excluding steroid dienone is 1. The minimum absolute atomic E-state index is 0.137. The van der Waals surface area contributed by atoms with Crippen LogP contribution in [0.5, 0.6) is 0 Å². The molecular weight excluding hydrogens is 227 g/mol. The monoisotopic (exact) mass is 236 g/mol. The van der Waals surface area contributed by atoms with E-state index < -0.39 is 12.1 Å². The molecule has 16 heavy (non-hydrogen) atoms. The Hall–Kier alpha value is -1.39. The van der Waals surface area contributed by atoms with Crippen LogP contribution in [0.4, 0.5) is 22.0 Å². The lowest BCUT2D eigenvalue weighted by atomic mass is 10.1. The molecule has 0 radical (unpaired) electrons. The quantitative estimate of drug-likeness (QED) is 0.675. The zero-order valence-electron chi connectivity index (χ0n) is 8.35. The first-order valence-corrected chi connectivity index (χ1v) is 4.43. The van der Waals surface area contributed by atoms with Gasteiger partial charge in [-0.2, -0.15) is 22.0 Å². The summed E-state index contributed by atoms with van der Waals surface area (Å²) in [5, 5.41) is 0. The predicted molar refractivity (Wildman–Crippen MR) is 51.2 cm³/mol. The van der Waals surface area contributed by atoms with E-state index in [1.54, 1.807) is 19.1 Å². The largest absolute Gasteiger partial charge is 0.457 e. The van der Waals surface area contributed by atoms with Crippen molar-refractivity contribution in [3.8, 4) is 0 Å². The van der Waals surface area contributed by atoms with Gasteiger partial charge in [-0.25, -0.2) is 0 Å². The van der Waals surface area contributed by atoms with Crippen LogP contribution in [0, 0.1) is 6.92 Å². The van der Waals surface area contributed by atoms with Gasteiger partial charge in [0.15, 0.2) is 0 Å². The fraction of sp³-hybridized carbons (Fsp3) is 0.273. The number of aryl methyl sites for hydroxylation is 1. The Morgan fingerprint density at radius 1 is 1.06 bits per heavy atom. The van der Waals surface area contributed by atoms with Gasteiger partial charge in [0.2, 0.25) is 0 Å². The second kappa shape index (κ2) is 4.23. The molecule has 0 bridgehead atoms. The summed E-state index contributed by atoms with van der Waals surface area (Å²) in [4.78, 5) is 0.